The van der Waals surface area contributed by atoms with Crippen LogP contribution < -0.4 is 10.0 Å². The van der Waals surface area contributed by atoms with E-state index in [1.54, 1.807) is 12.1 Å². The van der Waals surface area contributed by atoms with Gasteiger partial charge in [-0.15, -0.1) is 0 Å². The van der Waals surface area contributed by atoms with Crippen molar-refractivity contribution in [3.05, 3.63) is 65.9 Å². The lowest BCUT2D eigenvalue weighted by Gasteiger charge is -2.13. The van der Waals surface area contributed by atoms with Crippen LogP contribution in [0.4, 0.5) is 11.4 Å². The predicted octanol–water partition coefficient (Wildman–Crippen LogP) is 5.22. The van der Waals surface area contributed by atoms with Crippen LogP contribution in [0.15, 0.2) is 63.9 Å². The summed E-state index contributed by atoms with van der Waals surface area (Å²) in [7, 11) is -3.82. The van der Waals surface area contributed by atoms with Crippen molar-refractivity contribution in [2.45, 2.75) is 37.5 Å². The molecule has 1 aliphatic rings. The van der Waals surface area contributed by atoms with Crippen LogP contribution in [0.1, 0.15) is 31.1 Å². The first-order chi connectivity index (χ1) is 14.9. The van der Waals surface area contributed by atoms with Gasteiger partial charge in [0.15, 0.2) is 0 Å². The summed E-state index contributed by atoms with van der Waals surface area (Å²) < 4.78 is 35.2. The Labute approximate surface area is 180 Å². The number of carbonyl (C=O) groups is 1. The summed E-state index contributed by atoms with van der Waals surface area (Å²) in [5, 5.41) is 5.31. The van der Waals surface area contributed by atoms with E-state index in [4.69, 9.17) is 4.42 Å². The summed E-state index contributed by atoms with van der Waals surface area (Å²) in [5.74, 6) is 0.803. The van der Waals surface area contributed by atoms with Crippen LogP contribution in [-0.4, -0.2) is 14.3 Å². The molecule has 7 heteroatoms. The molecule has 3 aromatic carbocycles. The number of amides is 1. The normalized spacial score (nSPS) is 13.8. The summed E-state index contributed by atoms with van der Waals surface area (Å²) in [6.45, 7) is 1.40. The monoisotopic (exact) mass is 434 g/mol. The summed E-state index contributed by atoms with van der Waals surface area (Å²) in [4.78, 5) is 11.3. The number of furan rings is 1. The van der Waals surface area contributed by atoms with Gasteiger partial charge in [-0.05, 0) is 49.6 Å². The van der Waals surface area contributed by atoms with E-state index in [0.717, 1.165) is 53.2 Å². The number of rotatable bonds is 4. The first-order valence-electron chi connectivity index (χ1n) is 10.3. The first kappa shape index (κ1) is 19.6. The first-order valence-corrected chi connectivity index (χ1v) is 11.8. The van der Waals surface area contributed by atoms with Gasteiger partial charge in [0.1, 0.15) is 11.3 Å². The lowest BCUT2D eigenvalue weighted by molar-refractivity contribution is -0.114. The molecular weight excluding hydrogens is 412 g/mol. The van der Waals surface area contributed by atoms with Crippen molar-refractivity contribution in [2.24, 2.45) is 0 Å². The molecule has 1 amide bonds. The number of anilines is 2. The third-order valence-corrected chi connectivity index (χ3v) is 7.07. The highest BCUT2D eigenvalue weighted by Gasteiger charge is 2.22. The van der Waals surface area contributed by atoms with Crippen LogP contribution in [0.2, 0.25) is 0 Å². The van der Waals surface area contributed by atoms with Gasteiger partial charge >= 0.3 is 0 Å². The van der Waals surface area contributed by atoms with E-state index >= 15 is 0 Å². The molecule has 0 saturated carbocycles. The fraction of sp³-hybridized carbons (Fsp3) is 0.208. The van der Waals surface area contributed by atoms with Gasteiger partial charge in [0.25, 0.3) is 10.0 Å². The molecule has 1 aliphatic carbocycles. The van der Waals surface area contributed by atoms with E-state index in [0.29, 0.717) is 11.4 Å². The van der Waals surface area contributed by atoms with E-state index in [9.17, 15) is 13.2 Å². The molecule has 0 atom stereocenters. The molecular formula is C24H22N2O4S. The van der Waals surface area contributed by atoms with E-state index < -0.39 is 10.0 Å². The van der Waals surface area contributed by atoms with Crippen molar-refractivity contribution in [3.8, 4) is 0 Å². The average Bonchev–Trinajstić information content (AvgIpc) is 3.12. The summed E-state index contributed by atoms with van der Waals surface area (Å²) in [6.07, 6.45) is 4.08. The zero-order valence-electron chi connectivity index (χ0n) is 17.1. The Morgan fingerprint density at radius 1 is 0.935 bits per heavy atom. The largest absolute Gasteiger partial charge is 0.460 e. The van der Waals surface area contributed by atoms with Crippen molar-refractivity contribution >= 4 is 49.0 Å². The molecule has 0 radical (unpaired) electrons. The van der Waals surface area contributed by atoms with Crippen LogP contribution in [0.3, 0.4) is 0 Å². The minimum Gasteiger partial charge on any atom is -0.460 e. The van der Waals surface area contributed by atoms with Crippen molar-refractivity contribution in [1.29, 1.82) is 0 Å². The topological polar surface area (TPSA) is 88.4 Å². The summed E-state index contributed by atoms with van der Waals surface area (Å²) in [5.41, 5.74) is 3.09. The molecule has 158 valence electrons. The van der Waals surface area contributed by atoms with E-state index in [1.165, 1.54) is 24.6 Å². The maximum absolute atomic E-state index is 13.1. The predicted molar refractivity (Wildman–Crippen MR) is 122 cm³/mol. The van der Waals surface area contributed by atoms with Crippen molar-refractivity contribution < 1.29 is 17.6 Å². The fourth-order valence-corrected chi connectivity index (χ4v) is 5.36. The Hall–Kier alpha value is -3.32. The Morgan fingerprint density at radius 3 is 2.39 bits per heavy atom. The highest BCUT2D eigenvalue weighted by Crippen LogP contribution is 2.39. The Kier molecular flexibility index (Phi) is 4.70. The summed E-state index contributed by atoms with van der Waals surface area (Å²) >= 11 is 0. The lowest BCUT2D eigenvalue weighted by atomic mass is 9.94. The number of hydrogen-bond donors (Lipinski definition) is 2. The van der Waals surface area contributed by atoms with E-state index in [1.807, 2.05) is 30.3 Å². The van der Waals surface area contributed by atoms with Crippen molar-refractivity contribution in [2.75, 3.05) is 10.0 Å². The number of fused-ring (bicyclic) bond motifs is 5. The quantitative estimate of drug-likeness (QED) is 0.461. The van der Waals surface area contributed by atoms with Crippen LogP contribution in [0.25, 0.3) is 21.7 Å². The maximum Gasteiger partial charge on any atom is 0.261 e. The Morgan fingerprint density at radius 2 is 1.65 bits per heavy atom. The van der Waals surface area contributed by atoms with Crippen LogP contribution >= 0.6 is 0 Å². The molecule has 0 bridgehead atoms. The number of sulfonamides is 1. The SMILES string of the molecule is CC(=O)Nc1ccc(S(=O)(=O)Nc2cc3c4c(oc3c3ccccc23)CCCC4)cc1. The third-order valence-electron chi connectivity index (χ3n) is 5.69. The molecule has 31 heavy (non-hydrogen) atoms. The zero-order valence-corrected chi connectivity index (χ0v) is 17.9. The number of nitrogens with one attached hydrogen (secondary N) is 2. The number of benzene rings is 3. The number of carbonyl (C=O) groups excluding carboxylic acids is 1. The minimum atomic E-state index is -3.82. The van der Waals surface area contributed by atoms with Crippen molar-refractivity contribution in [1.82, 2.24) is 0 Å². The lowest BCUT2D eigenvalue weighted by Crippen LogP contribution is -2.13. The highest BCUT2D eigenvalue weighted by atomic mass is 32.2. The molecule has 4 aromatic rings. The van der Waals surface area contributed by atoms with Gasteiger partial charge in [0.2, 0.25) is 5.91 Å². The average molecular weight is 435 g/mol. The minimum absolute atomic E-state index is 0.125. The van der Waals surface area contributed by atoms with E-state index in [2.05, 4.69) is 10.0 Å². The van der Waals surface area contributed by atoms with E-state index in [-0.39, 0.29) is 10.8 Å². The smallest absolute Gasteiger partial charge is 0.261 e. The highest BCUT2D eigenvalue weighted by molar-refractivity contribution is 7.92. The molecule has 0 fully saturated rings. The van der Waals surface area contributed by atoms with Gasteiger partial charge in [-0.25, -0.2) is 8.42 Å². The third kappa shape index (κ3) is 3.55. The molecule has 6 nitrogen and oxygen atoms in total. The number of hydrogen-bond acceptors (Lipinski definition) is 4. The Bertz CT molecular complexity index is 1420. The number of aryl methyl sites for hydroxylation is 2. The molecule has 0 unspecified atom stereocenters. The Balaban J connectivity index is 1.60. The van der Waals surface area contributed by atoms with Gasteiger partial charge < -0.3 is 9.73 Å². The molecule has 0 saturated heterocycles. The second kappa shape index (κ2) is 7.42. The molecule has 2 N–H and O–H groups in total. The van der Waals surface area contributed by atoms with Crippen LogP contribution in [0.5, 0.6) is 0 Å². The zero-order chi connectivity index (χ0) is 21.6. The van der Waals surface area contributed by atoms with Gasteiger partial charge in [-0.1, -0.05) is 24.3 Å². The van der Waals surface area contributed by atoms with Crippen LogP contribution in [0, 0.1) is 0 Å². The molecule has 0 spiro atoms. The van der Waals surface area contributed by atoms with Crippen LogP contribution in [-0.2, 0) is 27.7 Å². The second-order valence-corrected chi connectivity index (χ2v) is 9.55. The molecule has 1 heterocycles. The molecule has 1 aromatic heterocycles. The van der Waals surface area contributed by atoms with Gasteiger partial charge in [0, 0.05) is 40.8 Å². The standard InChI is InChI=1S/C24H22N2O4S/c1-15(27)25-16-10-12-17(13-11-16)31(28,29)26-22-14-21-19-7-4-5-9-23(19)30-24(21)20-8-3-2-6-18(20)22/h2-3,6,8,10-14,26H,4-5,7,9H2,1H3,(H,25,27). The maximum atomic E-state index is 13.1. The summed E-state index contributed by atoms with van der Waals surface area (Å²) in [6, 6.07) is 15.7. The fourth-order valence-electron chi connectivity index (χ4n) is 4.29. The van der Waals surface area contributed by atoms with Crippen molar-refractivity contribution in [3.63, 3.8) is 0 Å². The van der Waals surface area contributed by atoms with Gasteiger partial charge in [-0.3, -0.25) is 9.52 Å². The second-order valence-electron chi connectivity index (χ2n) is 7.87. The molecule has 0 aliphatic heterocycles. The van der Waals surface area contributed by atoms with Gasteiger partial charge in [-0.2, -0.15) is 0 Å². The van der Waals surface area contributed by atoms with Gasteiger partial charge in [0.05, 0.1) is 10.6 Å². The molecule has 5 rings (SSSR count).